The molecule has 0 bridgehead atoms. The average molecular weight is 441 g/mol. The monoisotopic (exact) mass is 440 g/mol. The third-order valence-corrected chi connectivity index (χ3v) is 5.39. The smallest absolute Gasteiger partial charge is 0.140 e. The lowest BCUT2D eigenvalue weighted by Gasteiger charge is -2.20. The van der Waals surface area contributed by atoms with Crippen molar-refractivity contribution in [2.45, 2.75) is 10.1 Å². The van der Waals surface area contributed by atoms with Crippen molar-refractivity contribution in [2.75, 3.05) is 5.32 Å². The third-order valence-electron chi connectivity index (χ3n) is 3.59. The molecule has 2 aromatic heterocycles. The Hall–Kier alpha value is -2.42. The normalized spacial score (nSPS) is 11.9. The quantitative estimate of drug-likeness (QED) is 0.459. The molecule has 10 heteroatoms. The lowest BCUT2D eigenvalue weighted by molar-refractivity contribution is -0.242. The van der Waals surface area contributed by atoms with E-state index in [-0.39, 0.29) is 21.6 Å². The van der Waals surface area contributed by atoms with Crippen LogP contribution in [0.3, 0.4) is 0 Å². The Morgan fingerprint density at radius 3 is 2.54 bits per heavy atom. The number of pyridine rings is 2. The second-order valence-corrected chi connectivity index (χ2v) is 7.46. The van der Waals surface area contributed by atoms with Crippen LogP contribution < -0.4 is 10.4 Å². The summed E-state index contributed by atoms with van der Waals surface area (Å²) in [7, 11) is 0. The SMILES string of the molecule is O=C([O-])Nc1cc(C(Sc2ccc(Cl)nc2)c2cc(F)ccc2F)c(Cl)cn1. The molecule has 3 rings (SSSR count). The molecule has 0 saturated carbocycles. The number of hydrogen-bond acceptors (Lipinski definition) is 5. The van der Waals surface area contributed by atoms with Crippen molar-refractivity contribution in [2.24, 2.45) is 0 Å². The van der Waals surface area contributed by atoms with E-state index >= 15 is 0 Å². The van der Waals surface area contributed by atoms with Gasteiger partial charge in [0.2, 0.25) is 0 Å². The number of aromatic nitrogens is 2. The van der Waals surface area contributed by atoms with Gasteiger partial charge in [-0.05, 0) is 42.0 Å². The molecule has 0 spiro atoms. The van der Waals surface area contributed by atoms with Crippen molar-refractivity contribution < 1.29 is 18.7 Å². The maximum Gasteiger partial charge on any atom is 0.140 e. The molecule has 1 unspecified atom stereocenters. The number of thioether (sulfide) groups is 1. The van der Waals surface area contributed by atoms with Crippen LogP contribution in [-0.4, -0.2) is 16.1 Å². The van der Waals surface area contributed by atoms with Gasteiger partial charge in [-0.3, -0.25) is 0 Å². The van der Waals surface area contributed by atoms with Crippen LogP contribution in [0.15, 0.2) is 53.7 Å². The fourth-order valence-electron chi connectivity index (χ4n) is 2.41. The number of hydrogen-bond donors (Lipinski definition) is 1. The number of benzene rings is 1. The number of carbonyl (C=O) groups excluding carboxylic acids is 1. The summed E-state index contributed by atoms with van der Waals surface area (Å²) in [6.45, 7) is 0. The Bertz CT molecular complexity index is 1020. The predicted octanol–water partition coefficient (Wildman–Crippen LogP) is 4.70. The maximum atomic E-state index is 14.5. The third kappa shape index (κ3) is 4.89. The fraction of sp³-hybridized carbons (Fsp3) is 0.0556. The minimum atomic E-state index is -1.57. The summed E-state index contributed by atoms with van der Waals surface area (Å²) in [5.74, 6) is -1.34. The first-order valence-electron chi connectivity index (χ1n) is 7.70. The van der Waals surface area contributed by atoms with Gasteiger partial charge in [0.25, 0.3) is 0 Å². The largest absolute Gasteiger partial charge is 0.530 e. The molecular formula is C18H10Cl2F2N3O2S-. The number of amides is 1. The summed E-state index contributed by atoms with van der Waals surface area (Å²) in [5.41, 5.74) is 0.345. The molecule has 1 amide bonds. The van der Waals surface area contributed by atoms with E-state index in [0.717, 1.165) is 30.0 Å². The average Bonchev–Trinajstić information content (AvgIpc) is 2.65. The van der Waals surface area contributed by atoms with Crippen LogP contribution in [0.25, 0.3) is 0 Å². The lowest BCUT2D eigenvalue weighted by Crippen LogP contribution is -2.29. The standard InChI is InChI=1S/C18H11Cl2F2N3O2S/c19-13-8-24-16(25-18(26)27)6-11(13)17(12-5-9(21)1-3-14(12)22)28-10-2-4-15(20)23-7-10/h1-8,17H,(H,24,25)(H,26,27)/p-1. The number of carboxylic acid groups (broad SMARTS) is 1. The van der Waals surface area contributed by atoms with Gasteiger partial charge in [-0.15, -0.1) is 11.8 Å². The van der Waals surface area contributed by atoms with Crippen molar-refractivity contribution in [1.29, 1.82) is 0 Å². The second kappa shape index (κ2) is 8.72. The predicted molar refractivity (Wildman–Crippen MR) is 102 cm³/mol. The number of carbonyl (C=O) groups is 1. The Labute approximate surface area is 172 Å². The number of anilines is 1. The Kier molecular flexibility index (Phi) is 6.33. The fourth-order valence-corrected chi connectivity index (χ4v) is 3.96. The van der Waals surface area contributed by atoms with E-state index in [1.165, 1.54) is 18.5 Å². The van der Waals surface area contributed by atoms with Crippen molar-refractivity contribution >= 4 is 46.9 Å². The minimum absolute atomic E-state index is 0.0208. The van der Waals surface area contributed by atoms with Crippen molar-refractivity contribution in [3.63, 3.8) is 0 Å². The van der Waals surface area contributed by atoms with E-state index < -0.39 is 23.0 Å². The van der Waals surface area contributed by atoms with Crippen LogP contribution in [0.1, 0.15) is 16.4 Å². The molecule has 5 nitrogen and oxygen atoms in total. The van der Waals surface area contributed by atoms with Crippen LogP contribution in [0.2, 0.25) is 10.2 Å². The number of nitrogens with one attached hydrogen (secondary N) is 1. The lowest BCUT2D eigenvalue weighted by atomic mass is 10.0. The van der Waals surface area contributed by atoms with Crippen LogP contribution >= 0.6 is 35.0 Å². The van der Waals surface area contributed by atoms with Crippen molar-refractivity contribution in [1.82, 2.24) is 9.97 Å². The van der Waals surface area contributed by atoms with Crippen LogP contribution in [0, 0.1) is 11.6 Å². The van der Waals surface area contributed by atoms with Gasteiger partial charge >= 0.3 is 0 Å². The minimum Gasteiger partial charge on any atom is -0.530 e. The first kappa shape index (κ1) is 20.3. The van der Waals surface area contributed by atoms with Crippen LogP contribution in [-0.2, 0) is 0 Å². The summed E-state index contributed by atoms with van der Waals surface area (Å²) in [6, 6.07) is 7.62. The molecule has 0 saturated heterocycles. The van der Waals surface area contributed by atoms with Gasteiger partial charge < -0.3 is 15.2 Å². The van der Waals surface area contributed by atoms with E-state index in [9.17, 15) is 18.7 Å². The highest BCUT2D eigenvalue weighted by atomic mass is 35.5. The van der Waals surface area contributed by atoms with Crippen molar-refractivity contribution in [3.8, 4) is 0 Å². The van der Waals surface area contributed by atoms with E-state index in [1.807, 2.05) is 5.32 Å². The molecule has 2 heterocycles. The first-order valence-corrected chi connectivity index (χ1v) is 9.33. The zero-order valence-corrected chi connectivity index (χ0v) is 16.2. The number of halogens is 4. The molecule has 0 aliphatic heterocycles. The molecule has 144 valence electrons. The van der Waals surface area contributed by atoms with Crippen molar-refractivity contribution in [3.05, 3.63) is 81.7 Å². The number of nitrogens with zero attached hydrogens (tertiary/aromatic N) is 2. The molecule has 0 aliphatic carbocycles. The van der Waals surface area contributed by atoms with E-state index in [0.29, 0.717) is 10.5 Å². The summed E-state index contributed by atoms with van der Waals surface area (Å²) < 4.78 is 28.3. The zero-order valence-electron chi connectivity index (χ0n) is 13.8. The molecule has 0 aliphatic rings. The van der Waals surface area contributed by atoms with Crippen LogP contribution in [0.4, 0.5) is 19.4 Å². The van der Waals surface area contributed by atoms with Gasteiger partial charge in [0, 0.05) is 22.9 Å². The van der Waals surface area contributed by atoms with Gasteiger partial charge in [-0.25, -0.2) is 18.7 Å². The molecule has 1 N–H and O–H groups in total. The Balaban J connectivity index is 2.11. The van der Waals surface area contributed by atoms with E-state index in [2.05, 4.69) is 9.97 Å². The van der Waals surface area contributed by atoms with E-state index in [4.69, 9.17) is 23.2 Å². The highest BCUT2D eigenvalue weighted by molar-refractivity contribution is 7.99. The molecule has 0 radical (unpaired) electrons. The van der Waals surface area contributed by atoms with Gasteiger partial charge in [0.1, 0.15) is 28.7 Å². The highest BCUT2D eigenvalue weighted by Crippen LogP contribution is 2.44. The zero-order chi connectivity index (χ0) is 20.3. The Morgan fingerprint density at radius 2 is 1.86 bits per heavy atom. The van der Waals surface area contributed by atoms with Crippen LogP contribution in [0.5, 0.6) is 0 Å². The molecule has 1 aromatic carbocycles. The van der Waals surface area contributed by atoms with Gasteiger partial charge in [-0.1, -0.05) is 23.2 Å². The van der Waals surface area contributed by atoms with E-state index in [1.54, 1.807) is 12.1 Å². The first-order chi connectivity index (χ1) is 13.3. The Morgan fingerprint density at radius 1 is 1.07 bits per heavy atom. The van der Waals surface area contributed by atoms with Gasteiger partial charge in [-0.2, -0.15) is 0 Å². The van der Waals surface area contributed by atoms with Gasteiger partial charge in [0.15, 0.2) is 0 Å². The summed E-state index contributed by atoms with van der Waals surface area (Å²) in [4.78, 5) is 19.2. The topological polar surface area (TPSA) is 77.9 Å². The molecule has 1 atom stereocenters. The van der Waals surface area contributed by atoms with Gasteiger partial charge in [0.05, 0.1) is 10.3 Å². The summed E-state index contributed by atoms with van der Waals surface area (Å²) >= 11 is 13.2. The maximum absolute atomic E-state index is 14.5. The second-order valence-electron chi connectivity index (χ2n) is 5.48. The number of rotatable bonds is 5. The molecule has 28 heavy (non-hydrogen) atoms. The molecule has 3 aromatic rings. The highest BCUT2D eigenvalue weighted by Gasteiger charge is 2.24. The molecule has 0 fully saturated rings. The summed E-state index contributed by atoms with van der Waals surface area (Å²) in [6.07, 6.45) is 1.13. The summed E-state index contributed by atoms with van der Waals surface area (Å²) in [5, 5.41) is 12.4. The molecular weight excluding hydrogens is 431 g/mol.